The van der Waals surface area contributed by atoms with Gasteiger partial charge in [-0.1, -0.05) is 12.1 Å². The van der Waals surface area contributed by atoms with Gasteiger partial charge in [-0.25, -0.2) is 4.79 Å². The van der Waals surface area contributed by atoms with E-state index in [-0.39, 0.29) is 12.1 Å². The molecule has 1 saturated heterocycles. The summed E-state index contributed by atoms with van der Waals surface area (Å²) >= 11 is 0. The minimum Gasteiger partial charge on any atom is -0.497 e. The summed E-state index contributed by atoms with van der Waals surface area (Å²) in [6.07, 6.45) is 1.37. The molecular formula is C16H21N5O3. The SMILES string of the molecule is COc1cccc(CNC(=O)N2CCOC(c3nncn3C)C2)c1. The van der Waals surface area contributed by atoms with Crippen molar-refractivity contribution in [3.63, 3.8) is 0 Å². The van der Waals surface area contributed by atoms with Gasteiger partial charge < -0.3 is 24.3 Å². The van der Waals surface area contributed by atoms with Crippen molar-refractivity contribution in [3.8, 4) is 5.75 Å². The number of ether oxygens (including phenoxy) is 2. The fourth-order valence-electron chi connectivity index (χ4n) is 2.65. The zero-order valence-electron chi connectivity index (χ0n) is 13.8. The summed E-state index contributed by atoms with van der Waals surface area (Å²) in [5.74, 6) is 1.50. The Morgan fingerprint density at radius 3 is 3.12 bits per heavy atom. The molecule has 1 aromatic heterocycles. The average Bonchev–Trinajstić information content (AvgIpc) is 3.06. The van der Waals surface area contributed by atoms with Crippen LogP contribution in [0, 0.1) is 0 Å². The highest BCUT2D eigenvalue weighted by atomic mass is 16.5. The number of aryl methyl sites for hydroxylation is 1. The molecule has 2 heterocycles. The Bertz CT molecular complexity index is 703. The van der Waals surface area contributed by atoms with Gasteiger partial charge in [0.05, 0.1) is 20.3 Å². The van der Waals surface area contributed by atoms with Gasteiger partial charge in [-0.05, 0) is 17.7 Å². The van der Waals surface area contributed by atoms with Crippen LogP contribution in [-0.2, 0) is 18.3 Å². The first-order valence-electron chi connectivity index (χ1n) is 7.78. The Kier molecular flexibility index (Phi) is 4.95. The number of carbonyl (C=O) groups excluding carboxylic acids is 1. The maximum atomic E-state index is 12.4. The van der Waals surface area contributed by atoms with Gasteiger partial charge in [0.2, 0.25) is 0 Å². The van der Waals surface area contributed by atoms with Crippen LogP contribution in [0.4, 0.5) is 4.79 Å². The number of urea groups is 1. The van der Waals surface area contributed by atoms with E-state index in [1.807, 2.05) is 35.9 Å². The van der Waals surface area contributed by atoms with Crippen molar-refractivity contribution in [2.24, 2.45) is 7.05 Å². The largest absolute Gasteiger partial charge is 0.497 e. The van der Waals surface area contributed by atoms with Gasteiger partial charge in [0.25, 0.3) is 0 Å². The second-order valence-electron chi connectivity index (χ2n) is 5.62. The van der Waals surface area contributed by atoms with Gasteiger partial charge in [-0.15, -0.1) is 10.2 Å². The lowest BCUT2D eigenvalue weighted by Crippen LogP contribution is -2.47. The third-order valence-electron chi connectivity index (χ3n) is 3.97. The maximum absolute atomic E-state index is 12.4. The van der Waals surface area contributed by atoms with Crippen LogP contribution < -0.4 is 10.1 Å². The van der Waals surface area contributed by atoms with Crippen molar-refractivity contribution >= 4 is 6.03 Å². The summed E-state index contributed by atoms with van der Waals surface area (Å²) < 4.78 is 12.7. The number of nitrogens with one attached hydrogen (secondary N) is 1. The molecule has 0 bridgehead atoms. The van der Waals surface area contributed by atoms with Gasteiger partial charge in [-0.3, -0.25) is 0 Å². The Balaban J connectivity index is 1.57. The molecule has 2 aromatic rings. The molecule has 1 aliphatic heterocycles. The van der Waals surface area contributed by atoms with Crippen LogP contribution in [0.1, 0.15) is 17.5 Å². The van der Waals surface area contributed by atoms with Gasteiger partial charge in [-0.2, -0.15) is 0 Å². The lowest BCUT2D eigenvalue weighted by atomic mass is 10.2. The zero-order valence-corrected chi connectivity index (χ0v) is 13.8. The van der Waals surface area contributed by atoms with Crippen LogP contribution in [0.3, 0.4) is 0 Å². The molecule has 0 spiro atoms. The summed E-state index contributed by atoms with van der Waals surface area (Å²) in [4.78, 5) is 14.2. The molecule has 1 aromatic carbocycles. The van der Waals surface area contributed by atoms with E-state index >= 15 is 0 Å². The number of morpholine rings is 1. The van der Waals surface area contributed by atoms with E-state index in [4.69, 9.17) is 9.47 Å². The second kappa shape index (κ2) is 7.31. The van der Waals surface area contributed by atoms with E-state index in [2.05, 4.69) is 15.5 Å². The number of methoxy groups -OCH3 is 1. The van der Waals surface area contributed by atoms with Gasteiger partial charge in [0, 0.05) is 20.1 Å². The monoisotopic (exact) mass is 331 g/mol. The van der Waals surface area contributed by atoms with Crippen molar-refractivity contribution in [3.05, 3.63) is 42.0 Å². The van der Waals surface area contributed by atoms with Crippen LogP contribution in [0.2, 0.25) is 0 Å². The highest BCUT2D eigenvalue weighted by molar-refractivity contribution is 5.74. The standard InChI is InChI=1S/C16H21N5O3/c1-20-11-18-19-15(20)14-10-21(6-7-24-14)16(22)17-9-12-4-3-5-13(8-12)23-2/h3-5,8,11,14H,6-7,9-10H2,1-2H3,(H,17,22). The number of nitrogens with zero attached hydrogens (tertiary/aromatic N) is 4. The van der Waals surface area contributed by atoms with E-state index < -0.39 is 0 Å². The number of carbonyl (C=O) groups is 1. The molecule has 1 fully saturated rings. The summed E-state index contributed by atoms with van der Waals surface area (Å²) in [5, 5.41) is 10.9. The van der Waals surface area contributed by atoms with Crippen molar-refractivity contribution in [2.75, 3.05) is 26.8 Å². The van der Waals surface area contributed by atoms with Crippen molar-refractivity contribution in [2.45, 2.75) is 12.6 Å². The van der Waals surface area contributed by atoms with Gasteiger partial charge in [0.15, 0.2) is 5.82 Å². The molecule has 8 heteroatoms. The first-order chi connectivity index (χ1) is 11.7. The summed E-state index contributed by atoms with van der Waals surface area (Å²) in [6.45, 7) is 1.93. The lowest BCUT2D eigenvalue weighted by molar-refractivity contribution is -0.0214. The van der Waals surface area contributed by atoms with Crippen LogP contribution in [0.5, 0.6) is 5.75 Å². The van der Waals surface area contributed by atoms with Crippen molar-refractivity contribution < 1.29 is 14.3 Å². The Morgan fingerprint density at radius 2 is 2.38 bits per heavy atom. The number of hydrogen-bond acceptors (Lipinski definition) is 5. The zero-order chi connectivity index (χ0) is 16.9. The number of benzene rings is 1. The molecule has 0 aliphatic carbocycles. The third-order valence-corrected chi connectivity index (χ3v) is 3.97. The molecule has 3 rings (SSSR count). The molecule has 24 heavy (non-hydrogen) atoms. The predicted octanol–water partition coefficient (Wildman–Crippen LogP) is 1.11. The van der Waals surface area contributed by atoms with E-state index in [0.717, 1.165) is 17.1 Å². The molecule has 0 saturated carbocycles. The smallest absolute Gasteiger partial charge is 0.317 e. The van der Waals surface area contributed by atoms with Gasteiger partial charge >= 0.3 is 6.03 Å². The predicted molar refractivity (Wildman–Crippen MR) is 86.5 cm³/mol. The molecule has 1 atom stereocenters. The van der Waals surface area contributed by atoms with Crippen LogP contribution in [0.25, 0.3) is 0 Å². The molecule has 2 amide bonds. The second-order valence-corrected chi connectivity index (χ2v) is 5.62. The topological polar surface area (TPSA) is 81.5 Å². The Morgan fingerprint density at radius 1 is 1.50 bits per heavy atom. The Labute approximate surface area is 140 Å². The summed E-state index contributed by atoms with van der Waals surface area (Å²) in [7, 11) is 3.48. The van der Waals surface area contributed by atoms with Gasteiger partial charge in [0.1, 0.15) is 18.2 Å². The molecule has 8 nitrogen and oxygen atoms in total. The van der Waals surface area contributed by atoms with Crippen LogP contribution in [0.15, 0.2) is 30.6 Å². The van der Waals surface area contributed by atoms with E-state index in [0.29, 0.717) is 26.2 Å². The lowest BCUT2D eigenvalue weighted by Gasteiger charge is -2.32. The third kappa shape index (κ3) is 3.65. The fourth-order valence-corrected chi connectivity index (χ4v) is 2.65. The molecule has 128 valence electrons. The normalized spacial score (nSPS) is 17.6. The average molecular weight is 331 g/mol. The fraction of sp³-hybridized carbons (Fsp3) is 0.438. The summed E-state index contributed by atoms with van der Waals surface area (Å²) in [5.41, 5.74) is 0.987. The minimum absolute atomic E-state index is 0.117. The molecule has 0 radical (unpaired) electrons. The van der Waals surface area contributed by atoms with Crippen LogP contribution in [-0.4, -0.2) is 52.5 Å². The molecule has 1 N–H and O–H groups in total. The number of aromatic nitrogens is 3. The van der Waals surface area contributed by atoms with Crippen molar-refractivity contribution in [1.82, 2.24) is 25.0 Å². The number of rotatable bonds is 4. The van der Waals surface area contributed by atoms with E-state index in [1.54, 1.807) is 18.3 Å². The first kappa shape index (κ1) is 16.3. The Hall–Kier alpha value is -2.61. The quantitative estimate of drug-likeness (QED) is 0.907. The van der Waals surface area contributed by atoms with Crippen LogP contribution >= 0.6 is 0 Å². The van der Waals surface area contributed by atoms with Crippen molar-refractivity contribution in [1.29, 1.82) is 0 Å². The number of amides is 2. The van der Waals surface area contributed by atoms with E-state index in [9.17, 15) is 4.79 Å². The molecule has 1 unspecified atom stereocenters. The summed E-state index contributed by atoms with van der Waals surface area (Å²) in [6, 6.07) is 7.51. The minimum atomic E-state index is -0.256. The number of hydrogen-bond donors (Lipinski definition) is 1. The molecular weight excluding hydrogens is 310 g/mol. The first-order valence-corrected chi connectivity index (χ1v) is 7.78. The molecule has 1 aliphatic rings. The van der Waals surface area contributed by atoms with E-state index in [1.165, 1.54) is 0 Å². The maximum Gasteiger partial charge on any atom is 0.317 e. The highest BCUT2D eigenvalue weighted by Crippen LogP contribution is 2.20. The highest BCUT2D eigenvalue weighted by Gasteiger charge is 2.28.